The predicted molar refractivity (Wildman–Crippen MR) is 127 cm³/mol. The molecule has 1 heterocycles. The molecule has 3 aromatic rings. The molecule has 2 N–H and O–H groups in total. The Morgan fingerprint density at radius 1 is 1.00 bits per heavy atom. The number of aliphatic imine (C=N–C) groups is 1. The summed E-state index contributed by atoms with van der Waals surface area (Å²) in [7, 11) is 2.06. The van der Waals surface area contributed by atoms with E-state index in [0.29, 0.717) is 5.96 Å². The van der Waals surface area contributed by atoms with E-state index in [-0.39, 0.29) is 6.04 Å². The Balaban J connectivity index is 1.63. The van der Waals surface area contributed by atoms with Gasteiger partial charge in [0.2, 0.25) is 0 Å². The fourth-order valence-corrected chi connectivity index (χ4v) is 4.41. The van der Waals surface area contributed by atoms with Crippen LogP contribution in [0.1, 0.15) is 22.3 Å². The fourth-order valence-electron chi connectivity index (χ4n) is 4.22. The lowest BCUT2D eigenvalue weighted by Gasteiger charge is -2.30. The van der Waals surface area contributed by atoms with Crippen molar-refractivity contribution in [3.63, 3.8) is 0 Å². The molecular formula is C26H28ClN3. The SMILES string of the molecule is Cc1cc(-c2cccc(Cl)c2)ccc1CC1Cc2ccccc2CCN=C(N)N1C. The minimum absolute atomic E-state index is 0.253. The first-order valence-corrected chi connectivity index (χ1v) is 10.8. The third kappa shape index (κ3) is 4.52. The Labute approximate surface area is 184 Å². The number of benzene rings is 3. The Hall–Kier alpha value is -2.78. The van der Waals surface area contributed by atoms with Crippen molar-refractivity contribution in [3.05, 3.63) is 94.0 Å². The Kier molecular flexibility index (Phi) is 6.10. The van der Waals surface area contributed by atoms with Gasteiger partial charge in [0, 0.05) is 24.7 Å². The summed E-state index contributed by atoms with van der Waals surface area (Å²) in [4.78, 5) is 6.75. The van der Waals surface area contributed by atoms with Crippen LogP contribution >= 0.6 is 11.6 Å². The lowest BCUT2D eigenvalue weighted by molar-refractivity contribution is 0.355. The molecule has 154 valence electrons. The van der Waals surface area contributed by atoms with E-state index in [0.717, 1.165) is 36.4 Å². The van der Waals surface area contributed by atoms with Gasteiger partial charge in [-0.25, -0.2) is 0 Å². The summed E-state index contributed by atoms with van der Waals surface area (Å²) >= 11 is 6.18. The van der Waals surface area contributed by atoms with Gasteiger partial charge < -0.3 is 10.6 Å². The van der Waals surface area contributed by atoms with Crippen molar-refractivity contribution in [2.45, 2.75) is 32.2 Å². The summed E-state index contributed by atoms with van der Waals surface area (Å²) in [6, 6.07) is 23.6. The predicted octanol–water partition coefficient (Wildman–Crippen LogP) is 5.27. The number of hydrogen-bond donors (Lipinski definition) is 1. The molecule has 4 rings (SSSR count). The fraction of sp³-hybridized carbons (Fsp3) is 0.269. The molecule has 1 aliphatic rings. The molecule has 0 radical (unpaired) electrons. The lowest BCUT2D eigenvalue weighted by Crippen LogP contribution is -2.44. The maximum absolute atomic E-state index is 6.31. The standard InChI is InChI=1S/C26H28ClN3/c1-18-14-23(21-8-5-9-24(27)15-21)11-10-20(18)16-25-17-22-7-4-3-6-19(22)12-13-29-26(28)30(25)2/h3-11,14-15,25H,12-13,16-17H2,1-2H3,(H2,28,29). The molecule has 4 heteroatoms. The summed E-state index contributed by atoms with van der Waals surface area (Å²) in [6.07, 6.45) is 2.81. The van der Waals surface area contributed by atoms with E-state index >= 15 is 0 Å². The smallest absolute Gasteiger partial charge is 0.191 e. The number of nitrogens with two attached hydrogens (primary N) is 1. The highest BCUT2D eigenvalue weighted by Gasteiger charge is 2.21. The highest BCUT2D eigenvalue weighted by atomic mass is 35.5. The van der Waals surface area contributed by atoms with Crippen LogP contribution < -0.4 is 5.73 Å². The van der Waals surface area contributed by atoms with Crippen molar-refractivity contribution in [3.8, 4) is 11.1 Å². The van der Waals surface area contributed by atoms with E-state index in [2.05, 4.69) is 72.4 Å². The number of fused-ring (bicyclic) bond motifs is 1. The Morgan fingerprint density at radius 3 is 2.53 bits per heavy atom. The van der Waals surface area contributed by atoms with Crippen LogP contribution in [0, 0.1) is 6.92 Å². The van der Waals surface area contributed by atoms with Crippen LogP contribution in [-0.4, -0.2) is 30.5 Å². The van der Waals surface area contributed by atoms with Gasteiger partial charge in [0.25, 0.3) is 0 Å². The van der Waals surface area contributed by atoms with Gasteiger partial charge in [0.15, 0.2) is 5.96 Å². The zero-order valence-electron chi connectivity index (χ0n) is 17.6. The number of aryl methyl sites for hydroxylation is 1. The quantitative estimate of drug-likeness (QED) is 0.630. The molecule has 0 saturated carbocycles. The van der Waals surface area contributed by atoms with Gasteiger partial charge in [0.1, 0.15) is 0 Å². The zero-order valence-corrected chi connectivity index (χ0v) is 18.4. The van der Waals surface area contributed by atoms with Crippen LogP contribution in [0.15, 0.2) is 71.7 Å². The van der Waals surface area contributed by atoms with E-state index in [1.807, 2.05) is 18.2 Å². The highest BCUT2D eigenvalue weighted by Crippen LogP contribution is 2.26. The van der Waals surface area contributed by atoms with E-state index < -0.39 is 0 Å². The van der Waals surface area contributed by atoms with Crippen LogP contribution in [0.25, 0.3) is 11.1 Å². The molecule has 0 spiro atoms. The zero-order chi connectivity index (χ0) is 21.1. The minimum atomic E-state index is 0.253. The normalized spacial score (nSPS) is 16.8. The monoisotopic (exact) mass is 417 g/mol. The van der Waals surface area contributed by atoms with Crippen molar-refractivity contribution in [1.82, 2.24) is 4.90 Å². The minimum Gasteiger partial charge on any atom is -0.370 e. The molecule has 0 aliphatic carbocycles. The first-order valence-electron chi connectivity index (χ1n) is 10.5. The van der Waals surface area contributed by atoms with E-state index in [9.17, 15) is 0 Å². The average molecular weight is 418 g/mol. The Bertz CT molecular complexity index is 1070. The molecule has 1 aliphatic heterocycles. The van der Waals surface area contributed by atoms with Gasteiger partial charge in [-0.3, -0.25) is 4.99 Å². The third-order valence-electron chi connectivity index (χ3n) is 6.09. The van der Waals surface area contributed by atoms with E-state index in [1.165, 1.54) is 27.8 Å². The largest absolute Gasteiger partial charge is 0.370 e. The second kappa shape index (κ2) is 8.93. The van der Waals surface area contributed by atoms with Crippen LogP contribution in [0.4, 0.5) is 0 Å². The highest BCUT2D eigenvalue weighted by molar-refractivity contribution is 6.30. The van der Waals surface area contributed by atoms with Crippen molar-refractivity contribution < 1.29 is 0 Å². The molecule has 30 heavy (non-hydrogen) atoms. The molecule has 0 aromatic heterocycles. The topological polar surface area (TPSA) is 41.6 Å². The van der Waals surface area contributed by atoms with Crippen LogP contribution in [0.5, 0.6) is 0 Å². The van der Waals surface area contributed by atoms with Crippen LogP contribution in [0.2, 0.25) is 5.02 Å². The molecule has 3 nitrogen and oxygen atoms in total. The summed E-state index contributed by atoms with van der Waals surface area (Å²) in [5, 5.41) is 0.759. The summed E-state index contributed by atoms with van der Waals surface area (Å²) in [5.41, 5.74) is 14.0. The number of nitrogens with zero attached hydrogens (tertiary/aromatic N) is 2. The molecule has 0 fully saturated rings. The molecule has 1 atom stereocenters. The first-order chi connectivity index (χ1) is 14.5. The number of guanidine groups is 1. The summed E-state index contributed by atoms with van der Waals surface area (Å²) in [5.74, 6) is 0.626. The molecular weight excluding hydrogens is 390 g/mol. The molecule has 0 saturated heterocycles. The van der Waals surface area contributed by atoms with Gasteiger partial charge in [-0.1, -0.05) is 66.2 Å². The number of rotatable bonds is 3. The van der Waals surface area contributed by atoms with Crippen molar-refractivity contribution in [2.24, 2.45) is 10.7 Å². The molecule has 0 amide bonds. The second-order valence-electron chi connectivity index (χ2n) is 8.08. The van der Waals surface area contributed by atoms with Crippen molar-refractivity contribution in [1.29, 1.82) is 0 Å². The molecule has 0 bridgehead atoms. The van der Waals surface area contributed by atoms with Gasteiger partial charge in [-0.2, -0.15) is 0 Å². The Morgan fingerprint density at radius 2 is 1.77 bits per heavy atom. The second-order valence-corrected chi connectivity index (χ2v) is 8.52. The van der Waals surface area contributed by atoms with Crippen LogP contribution in [-0.2, 0) is 19.3 Å². The van der Waals surface area contributed by atoms with Gasteiger partial charge >= 0.3 is 0 Å². The van der Waals surface area contributed by atoms with Gasteiger partial charge in [0.05, 0.1) is 0 Å². The maximum Gasteiger partial charge on any atom is 0.191 e. The van der Waals surface area contributed by atoms with E-state index in [4.69, 9.17) is 17.3 Å². The number of halogens is 1. The summed E-state index contributed by atoms with van der Waals surface area (Å²) < 4.78 is 0. The van der Waals surface area contributed by atoms with Gasteiger partial charge in [-0.05, 0) is 71.7 Å². The van der Waals surface area contributed by atoms with Crippen molar-refractivity contribution >= 4 is 17.6 Å². The van der Waals surface area contributed by atoms with Crippen molar-refractivity contribution in [2.75, 3.05) is 13.6 Å². The van der Waals surface area contributed by atoms with Crippen LogP contribution in [0.3, 0.4) is 0 Å². The lowest BCUT2D eigenvalue weighted by atomic mass is 9.91. The summed E-state index contributed by atoms with van der Waals surface area (Å²) in [6.45, 7) is 2.91. The molecule has 1 unspecified atom stereocenters. The van der Waals surface area contributed by atoms with E-state index in [1.54, 1.807) is 0 Å². The maximum atomic E-state index is 6.31. The van der Waals surface area contributed by atoms with Gasteiger partial charge in [-0.15, -0.1) is 0 Å². The number of likely N-dealkylation sites (N-methyl/N-ethyl adjacent to an activating group) is 1. The first kappa shape index (κ1) is 20.5. The molecule has 3 aromatic carbocycles. The third-order valence-corrected chi connectivity index (χ3v) is 6.33. The average Bonchev–Trinajstić information content (AvgIpc) is 2.79. The number of hydrogen-bond acceptors (Lipinski definition) is 3.